The number of rotatable bonds is 10. The summed E-state index contributed by atoms with van der Waals surface area (Å²) in [4.78, 5) is 17.4. The van der Waals surface area contributed by atoms with Crippen molar-refractivity contribution in [2.45, 2.75) is 19.7 Å². The lowest BCUT2D eigenvalue weighted by Gasteiger charge is -2.11. The Hall–Kier alpha value is -4.55. The van der Waals surface area contributed by atoms with E-state index in [1.807, 2.05) is 0 Å². The number of nitrogens with one attached hydrogen (secondary N) is 2. The predicted octanol–water partition coefficient (Wildman–Crippen LogP) is 4.60. The molecular formula is C26H22ClF2N7O3. The van der Waals surface area contributed by atoms with Crippen molar-refractivity contribution in [1.82, 2.24) is 29.7 Å². The molecule has 3 N–H and O–H groups in total. The first-order chi connectivity index (χ1) is 18.9. The zero-order chi connectivity index (χ0) is 27.4. The molecule has 0 spiro atoms. The molecule has 1 amide bonds. The second-order valence-corrected chi connectivity index (χ2v) is 8.85. The van der Waals surface area contributed by atoms with E-state index in [1.165, 1.54) is 28.9 Å². The minimum Gasteiger partial charge on any atom is -0.508 e. The zero-order valence-corrected chi connectivity index (χ0v) is 21.0. The van der Waals surface area contributed by atoms with Crippen LogP contribution in [-0.4, -0.2) is 48.5 Å². The Bertz CT molecular complexity index is 1610. The maximum atomic E-state index is 13.2. The maximum Gasteiger partial charge on any atom is 0.387 e. The van der Waals surface area contributed by atoms with E-state index in [9.17, 15) is 18.7 Å². The summed E-state index contributed by atoms with van der Waals surface area (Å²) in [6.45, 7) is -1.62. The van der Waals surface area contributed by atoms with Gasteiger partial charge in [-0.3, -0.25) is 9.48 Å². The third-order valence-corrected chi connectivity index (χ3v) is 5.96. The molecule has 39 heavy (non-hydrogen) atoms. The van der Waals surface area contributed by atoms with Crippen LogP contribution in [0, 0.1) is 0 Å². The molecule has 0 bridgehead atoms. The van der Waals surface area contributed by atoms with E-state index < -0.39 is 12.5 Å². The van der Waals surface area contributed by atoms with Crippen LogP contribution < -0.4 is 15.4 Å². The molecule has 13 heteroatoms. The Morgan fingerprint density at radius 2 is 2.00 bits per heavy atom. The van der Waals surface area contributed by atoms with Gasteiger partial charge in [0, 0.05) is 42.3 Å². The molecule has 0 fully saturated rings. The van der Waals surface area contributed by atoms with Crippen molar-refractivity contribution in [3.05, 3.63) is 89.5 Å². The highest BCUT2D eigenvalue weighted by Gasteiger charge is 2.22. The Balaban J connectivity index is 1.42. The average Bonchev–Trinajstić information content (AvgIpc) is 3.52. The molecule has 0 aliphatic carbocycles. The van der Waals surface area contributed by atoms with Crippen LogP contribution in [0.5, 0.6) is 11.5 Å². The highest BCUT2D eigenvalue weighted by Crippen LogP contribution is 2.37. The van der Waals surface area contributed by atoms with Gasteiger partial charge in [-0.15, -0.1) is 0 Å². The lowest BCUT2D eigenvalue weighted by molar-refractivity contribution is -0.0494. The Labute approximate surface area is 225 Å². The normalized spacial score (nSPS) is 11.3. The van der Waals surface area contributed by atoms with E-state index in [-0.39, 0.29) is 39.0 Å². The first-order valence-corrected chi connectivity index (χ1v) is 12.2. The van der Waals surface area contributed by atoms with Gasteiger partial charge in [0.15, 0.2) is 5.65 Å². The number of benzene rings is 2. The summed E-state index contributed by atoms with van der Waals surface area (Å²) in [5.74, 6) is -0.458. The van der Waals surface area contributed by atoms with Gasteiger partial charge in [0.2, 0.25) is 0 Å². The summed E-state index contributed by atoms with van der Waals surface area (Å²) in [7, 11) is 0. The van der Waals surface area contributed by atoms with E-state index in [1.54, 1.807) is 53.6 Å². The number of ether oxygens (including phenoxy) is 1. The number of fused-ring (bicyclic) bond motifs is 1. The predicted molar refractivity (Wildman–Crippen MR) is 140 cm³/mol. The summed E-state index contributed by atoms with van der Waals surface area (Å²) in [5.41, 5.74) is 2.20. The number of anilines is 1. The van der Waals surface area contributed by atoms with Gasteiger partial charge in [-0.1, -0.05) is 23.7 Å². The highest BCUT2D eigenvalue weighted by molar-refractivity contribution is 6.31. The van der Waals surface area contributed by atoms with Crippen LogP contribution in [0.1, 0.15) is 15.9 Å². The van der Waals surface area contributed by atoms with E-state index in [0.29, 0.717) is 25.3 Å². The highest BCUT2D eigenvalue weighted by atomic mass is 35.5. The summed E-state index contributed by atoms with van der Waals surface area (Å²) < 4.78 is 34.0. The summed E-state index contributed by atoms with van der Waals surface area (Å²) >= 11 is 6.18. The van der Waals surface area contributed by atoms with E-state index >= 15 is 0 Å². The number of phenolic OH excluding ortho intramolecular Hbond substituents is 1. The number of halogens is 3. The van der Waals surface area contributed by atoms with Gasteiger partial charge in [-0.05, 0) is 42.0 Å². The van der Waals surface area contributed by atoms with Crippen LogP contribution >= 0.6 is 11.6 Å². The van der Waals surface area contributed by atoms with Gasteiger partial charge < -0.3 is 20.5 Å². The zero-order valence-electron chi connectivity index (χ0n) is 20.3. The number of nitrogens with zero attached hydrogens (tertiary/aromatic N) is 5. The SMILES string of the molecule is O=C(Nc1cn(CCNCc2ccc(O)cc2)nc1-c1cc(Cl)ccc1OC(F)F)c1cnn2cccnc12. The van der Waals surface area contributed by atoms with Gasteiger partial charge in [-0.25, -0.2) is 9.50 Å². The number of phenols is 1. The number of aromatic nitrogens is 5. The molecule has 0 unspecified atom stereocenters. The maximum absolute atomic E-state index is 13.2. The standard InChI is InChI=1S/C26H22ClF2N7O3/c27-17-4-7-22(39-26(28)29)19(12-17)23-21(33-25(38)20-14-32-36-10-1-8-31-24(20)36)15-35(34-23)11-9-30-13-16-2-5-18(37)6-3-16/h1-8,10,12,14-15,26,30,37H,9,11,13H2,(H,33,38). The second-order valence-electron chi connectivity index (χ2n) is 8.42. The number of carbonyl (C=O) groups excluding carboxylic acids is 1. The van der Waals surface area contributed by atoms with Gasteiger partial charge in [0.1, 0.15) is 22.8 Å². The fraction of sp³-hybridized carbons (Fsp3) is 0.154. The Kier molecular flexibility index (Phi) is 7.66. The fourth-order valence-corrected chi connectivity index (χ4v) is 4.10. The smallest absolute Gasteiger partial charge is 0.387 e. The number of hydrogen-bond donors (Lipinski definition) is 3. The molecule has 0 atom stereocenters. The number of hydrogen-bond acceptors (Lipinski definition) is 7. The topological polar surface area (TPSA) is 119 Å². The fourth-order valence-electron chi connectivity index (χ4n) is 3.93. The van der Waals surface area contributed by atoms with Gasteiger partial charge in [0.05, 0.1) is 18.4 Å². The molecule has 200 valence electrons. The lowest BCUT2D eigenvalue weighted by atomic mass is 10.1. The quantitative estimate of drug-likeness (QED) is 0.216. The van der Waals surface area contributed by atoms with E-state index in [2.05, 4.69) is 25.8 Å². The molecule has 0 aliphatic rings. The van der Waals surface area contributed by atoms with Gasteiger partial charge in [0.25, 0.3) is 5.91 Å². The van der Waals surface area contributed by atoms with Crippen LogP contribution in [0.4, 0.5) is 14.5 Å². The summed E-state index contributed by atoms with van der Waals surface area (Å²) in [6, 6.07) is 12.7. The number of alkyl halides is 2. The monoisotopic (exact) mass is 553 g/mol. The molecule has 2 aromatic carbocycles. The van der Waals surface area contributed by atoms with Gasteiger partial charge in [-0.2, -0.15) is 19.0 Å². The molecule has 0 saturated carbocycles. The van der Waals surface area contributed by atoms with Crippen molar-refractivity contribution in [3.63, 3.8) is 0 Å². The van der Waals surface area contributed by atoms with Crippen molar-refractivity contribution in [1.29, 1.82) is 0 Å². The van der Waals surface area contributed by atoms with Crippen LogP contribution in [0.2, 0.25) is 5.02 Å². The van der Waals surface area contributed by atoms with Gasteiger partial charge >= 0.3 is 6.61 Å². The number of amides is 1. The molecular weight excluding hydrogens is 532 g/mol. The third kappa shape index (κ3) is 6.13. The molecule has 5 aromatic rings. The van der Waals surface area contributed by atoms with E-state index in [0.717, 1.165) is 5.56 Å². The lowest BCUT2D eigenvalue weighted by Crippen LogP contribution is -2.19. The Morgan fingerprint density at radius 1 is 1.18 bits per heavy atom. The minimum atomic E-state index is -3.07. The van der Waals surface area contributed by atoms with Crippen LogP contribution in [-0.2, 0) is 13.1 Å². The molecule has 5 rings (SSSR count). The van der Waals surface area contributed by atoms with Crippen molar-refractivity contribution < 1.29 is 23.4 Å². The second kappa shape index (κ2) is 11.5. The Morgan fingerprint density at radius 3 is 2.79 bits per heavy atom. The van der Waals surface area contributed by atoms with Crippen molar-refractivity contribution in [2.75, 3.05) is 11.9 Å². The van der Waals surface area contributed by atoms with Crippen molar-refractivity contribution in [3.8, 4) is 22.8 Å². The van der Waals surface area contributed by atoms with Crippen LogP contribution in [0.3, 0.4) is 0 Å². The largest absolute Gasteiger partial charge is 0.508 e. The van der Waals surface area contributed by atoms with E-state index in [4.69, 9.17) is 16.3 Å². The van der Waals surface area contributed by atoms with Crippen molar-refractivity contribution >= 4 is 28.8 Å². The first-order valence-electron chi connectivity index (χ1n) is 11.8. The van der Waals surface area contributed by atoms with Crippen LogP contribution in [0.25, 0.3) is 16.9 Å². The minimum absolute atomic E-state index is 0.141. The number of aromatic hydroxyl groups is 1. The molecule has 10 nitrogen and oxygen atoms in total. The molecule has 0 aliphatic heterocycles. The van der Waals surface area contributed by atoms with Crippen molar-refractivity contribution in [2.24, 2.45) is 0 Å². The third-order valence-electron chi connectivity index (χ3n) is 5.73. The molecule has 3 heterocycles. The molecule has 0 radical (unpaired) electrons. The van der Waals surface area contributed by atoms with Crippen LogP contribution in [0.15, 0.2) is 73.3 Å². The molecule has 0 saturated heterocycles. The number of carbonyl (C=O) groups is 1. The summed E-state index contributed by atoms with van der Waals surface area (Å²) in [6.07, 6.45) is 6.19. The molecule has 3 aromatic heterocycles. The first kappa shape index (κ1) is 26.1. The summed E-state index contributed by atoms with van der Waals surface area (Å²) in [5, 5.41) is 24.5. The average molecular weight is 554 g/mol.